The quantitative estimate of drug-likeness (QED) is 0.682. The summed E-state index contributed by atoms with van der Waals surface area (Å²) in [6.07, 6.45) is 0. The molecule has 0 saturated heterocycles. The molecule has 0 aliphatic heterocycles. The molecule has 0 radical (unpaired) electrons. The predicted octanol–water partition coefficient (Wildman–Crippen LogP) is 1.99. The predicted molar refractivity (Wildman–Crippen MR) is 70.7 cm³/mol. The third kappa shape index (κ3) is 2.29. The fraction of sp³-hybridized carbons (Fsp3) is 0.273. The minimum atomic E-state index is -0.488. The molecule has 0 bridgehead atoms. The highest BCUT2D eigenvalue weighted by Crippen LogP contribution is 2.35. The molecule has 2 rings (SSSR count). The van der Waals surface area contributed by atoms with Gasteiger partial charge in [-0.2, -0.15) is 0 Å². The van der Waals surface area contributed by atoms with Gasteiger partial charge in [0, 0.05) is 12.6 Å². The zero-order valence-electron chi connectivity index (χ0n) is 10.2. The Kier molecular flexibility index (Phi) is 3.77. The third-order valence-corrected chi connectivity index (χ3v) is 3.05. The molecule has 0 unspecified atom stereocenters. The first-order chi connectivity index (χ1) is 9.10. The fourth-order valence-corrected chi connectivity index (χ4v) is 2.14. The highest BCUT2D eigenvalue weighted by atomic mass is 35.5. The number of hydrogen-bond donors (Lipinski definition) is 1. The minimum Gasteiger partial charge on any atom is -0.324 e. The Morgan fingerprint density at radius 3 is 2.79 bits per heavy atom. The van der Waals surface area contributed by atoms with Gasteiger partial charge < -0.3 is 10.3 Å². The first-order valence-corrected chi connectivity index (χ1v) is 6.03. The van der Waals surface area contributed by atoms with Crippen molar-refractivity contribution in [3.8, 4) is 11.4 Å². The van der Waals surface area contributed by atoms with Crippen LogP contribution in [0.2, 0.25) is 5.02 Å². The average molecular weight is 282 g/mol. The van der Waals surface area contributed by atoms with Gasteiger partial charge in [-0.25, -0.2) is 0 Å². The van der Waals surface area contributed by atoms with Gasteiger partial charge in [-0.3, -0.25) is 10.1 Å². The second-order valence-electron chi connectivity index (χ2n) is 3.78. The van der Waals surface area contributed by atoms with Crippen molar-refractivity contribution in [2.45, 2.75) is 20.0 Å². The van der Waals surface area contributed by atoms with Crippen molar-refractivity contribution < 1.29 is 4.92 Å². The van der Waals surface area contributed by atoms with E-state index >= 15 is 0 Å². The summed E-state index contributed by atoms with van der Waals surface area (Å²) in [5.41, 5.74) is 5.73. The van der Waals surface area contributed by atoms with Gasteiger partial charge in [0.2, 0.25) is 0 Å². The molecule has 2 N–H and O–H groups in total. The Morgan fingerprint density at radius 1 is 1.47 bits per heavy atom. The van der Waals surface area contributed by atoms with E-state index in [0.717, 1.165) is 0 Å². The highest BCUT2D eigenvalue weighted by Gasteiger charge is 2.24. The number of halogens is 1. The SMILES string of the molecule is CCn1c(CN)nnc1-c1c(Cl)cccc1[N+](=O)[O-]. The standard InChI is InChI=1S/C11H12ClN5O2/c1-2-16-9(6-13)14-15-11(16)10-7(12)4-3-5-8(10)17(18)19/h3-5H,2,6,13H2,1H3. The Morgan fingerprint density at radius 2 is 2.21 bits per heavy atom. The molecule has 0 aliphatic rings. The molecular formula is C11H12ClN5O2. The monoisotopic (exact) mass is 281 g/mol. The van der Waals surface area contributed by atoms with Crippen LogP contribution < -0.4 is 5.73 Å². The molecule has 0 spiro atoms. The molecule has 19 heavy (non-hydrogen) atoms. The van der Waals surface area contributed by atoms with Crippen molar-refractivity contribution >= 4 is 17.3 Å². The summed E-state index contributed by atoms with van der Waals surface area (Å²) in [5.74, 6) is 0.923. The second kappa shape index (κ2) is 5.33. The molecule has 0 fully saturated rings. The molecule has 1 aromatic heterocycles. The molecule has 7 nitrogen and oxygen atoms in total. The Bertz CT molecular complexity index is 626. The largest absolute Gasteiger partial charge is 0.324 e. The zero-order chi connectivity index (χ0) is 14.0. The van der Waals surface area contributed by atoms with Crippen LogP contribution in [0.3, 0.4) is 0 Å². The van der Waals surface area contributed by atoms with E-state index in [2.05, 4.69) is 10.2 Å². The summed E-state index contributed by atoms with van der Waals surface area (Å²) in [6, 6.07) is 4.50. The van der Waals surface area contributed by atoms with Crippen LogP contribution in [0.5, 0.6) is 0 Å². The number of nitro benzene ring substituents is 1. The summed E-state index contributed by atoms with van der Waals surface area (Å²) in [4.78, 5) is 10.6. The van der Waals surface area contributed by atoms with Crippen molar-refractivity contribution in [2.75, 3.05) is 0 Å². The van der Waals surface area contributed by atoms with Gasteiger partial charge in [0.05, 0.1) is 16.5 Å². The van der Waals surface area contributed by atoms with E-state index in [1.807, 2.05) is 6.92 Å². The van der Waals surface area contributed by atoms with Gasteiger partial charge in [0.1, 0.15) is 11.4 Å². The van der Waals surface area contributed by atoms with Gasteiger partial charge in [-0.1, -0.05) is 17.7 Å². The van der Waals surface area contributed by atoms with Gasteiger partial charge in [0.25, 0.3) is 5.69 Å². The maximum absolute atomic E-state index is 11.1. The maximum atomic E-state index is 11.1. The smallest absolute Gasteiger partial charge is 0.281 e. The van der Waals surface area contributed by atoms with Crippen molar-refractivity contribution in [1.29, 1.82) is 0 Å². The highest BCUT2D eigenvalue weighted by molar-refractivity contribution is 6.33. The van der Waals surface area contributed by atoms with Crippen molar-refractivity contribution in [3.63, 3.8) is 0 Å². The molecule has 0 atom stereocenters. The van der Waals surface area contributed by atoms with E-state index in [0.29, 0.717) is 18.2 Å². The number of nitro groups is 1. The molecule has 0 saturated carbocycles. The lowest BCUT2D eigenvalue weighted by Crippen LogP contribution is -2.09. The van der Waals surface area contributed by atoms with Crippen molar-refractivity contribution in [3.05, 3.63) is 39.2 Å². The summed E-state index contributed by atoms with van der Waals surface area (Å²) in [6.45, 7) is 2.64. The van der Waals surface area contributed by atoms with Crippen molar-refractivity contribution in [1.82, 2.24) is 14.8 Å². The third-order valence-electron chi connectivity index (χ3n) is 2.74. The lowest BCUT2D eigenvalue weighted by molar-refractivity contribution is -0.384. The lowest BCUT2D eigenvalue weighted by Gasteiger charge is -2.08. The van der Waals surface area contributed by atoms with Crippen LogP contribution >= 0.6 is 11.6 Å². The molecular weight excluding hydrogens is 270 g/mol. The van der Waals surface area contributed by atoms with E-state index in [1.165, 1.54) is 12.1 Å². The number of nitrogens with zero attached hydrogens (tertiary/aromatic N) is 4. The molecule has 0 aliphatic carbocycles. The maximum Gasteiger partial charge on any atom is 0.281 e. The Hall–Kier alpha value is -1.99. The zero-order valence-corrected chi connectivity index (χ0v) is 11.0. The number of rotatable bonds is 4. The molecule has 1 heterocycles. The summed E-state index contributed by atoms with van der Waals surface area (Å²) in [7, 11) is 0. The molecule has 0 amide bonds. The molecule has 8 heteroatoms. The van der Waals surface area contributed by atoms with Crippen LogP contribution in [0.4, 0.5) is 5.69 Å². The number of nitrogens with two attached hydrogens (primary N) is 1. The van der Waals surface area contributed by atoms with Gasteiger partial charge in [-0.15, -0.1) is 10.2 Å². The van der Waals surface area contributed by atoms with E-state index in [9.17, 15) is 10.1 Å². The second-order valence-corrected chi connectivity index (χ2v) is 4.19. The van der Waals surface area contributed by atoms with Crippen LogP contribution in [0.15, 0.2) is 18.2 Å². The van der Waals surface area contributed by atoms with E-state index in [1.54, 1.807) is 10.6 Å². The Balaban J connectivity index is 2.71. The van der Waals surface area contributed by atoms with E-state index in [-0.39, 0.29) is 22.8 Å². The molecule has 100 valence electrons. The van der Waals surface area contributed by atoms with E-state index in [4.69, 9.17) is 17.3 Å². The first kappa shape index (κ1) is 13.4. The molecule has 1 aromatic carbocycles. The normalized spacial score (nSPS) is 10.7. The van der Waals surface area contributed by atoms with Crippen LogP contribution in [0, 0.1) is 10.1 Å². The van der Waals surface area contributed by atoms with Crippen LogP contribution in [0.1, 0.15) is 12.7 Å². The molecule has 2 aromatic rings. The fourth-order valence-electron chi connectivity index (χ4n) is 1.89. The van der Waals surface area contributed by atoms with Crippen LogP contribution in [-0.4, -0.2) is 19.7 Å². The number of benzene rings is 1. The summed E-state index contributed by atoms with van der Waals surface area (Å²) in [5, 5.41) is 19.3. The van der Waals surface area contributed by atoms with Gasteiger partial charge in [0.15, 0.2) is 5.82 Å². The lowest BCUT2D eigenvalue weighted by atomic mass is 10.1. The van der Waals surface area contributed by atoms with Gasteiger partial charge in [-0.05, 0) is 13.0 Å². The minimum absolute atomic E-state index is 0.0989. The topological polar surface area (TPSA) is 99.9 Å². The Labute approximate surface area is 114 Å². The van der Waals surface area contributed by atoms with Crippen LogP contribution in [0.25, 0.3) is 11.4 Å². The first-order valence-electron chi connectivity index (χ1n) is 5.65. The number of aromatic nitrogens is 3. The summed E-state index contributed by atoms with van der Waals surface area (Å²) < 4.78 is 1.72. The van der Waals surface area contributed by atoms with Gasteiger partial charge >= 0.3 is 0 Å². The van der Waals surface area contributed by atoms with E-state index < -0.39 is 4.92 Å². The summed E-state index contributed by atoms with van der Waals surface area (Å²) >= 11 is 6.07. The van der Waals surface area contributed by atoms with Crippen molar-refractivity contribution in [2.24, 2.45) is 5.73 Å². The van der Waals surface area contributed by atoms with Crippen LogP contribution in [-0.2, 0) is 13.1 Å². The number of hydrogen-bond acceptors (Lipinski definition) is 5. The average Bonchev–Trinajstić information content (AvgIpc) is 2.80.